The number of aromatic nitrogens is 1. The van der Waals surface area contributed by atoms with Crippen molar-refractivity contribution in [3.05, 3.63) is 35.8 Å². The number of amides is 1. The van der Waals surface area contributed by atoms with Crippen LogP contribution in [-0.4, -0.2) is 28.7 Å². The van der Waals surface area contributed by atoms with Crippen LogP contribution in [0.5, 0.6) is 0 Å². The van der Waals surface area contributed by atoms with E-state index in [4.69, 9.17) is 5.11 Å². The Bertz CT molecular complexity index is 705. The third-order valence-electron chi connectivity index (χ3n) is 5.00. The van der Waals surface area contributed by atoms with E-state index in [9.17, 15) is 9.18 Å². The fraction of sp³-hybridized carbons (Fsp3) is 0.526. The average molecular weight is 332 g/mol. The number of carbonyl (C=O) groups is 1. The van der Waals surface area contributed by atoms with Crippen LogP contribution in [0.2, 0.25) is 0 Å². The fourth-order valence-electron chi connectivity index (χ4n) is 3.73. The van der Waals surface area contributed by atoms with Crippen LogP contribution in [-0.2, 0) is 6.54 Å². The van der Waals surface area contributed by atoms with Crippen LogP contribution < -0.4 is 5.32 Å². The van der Waals surface area contributed by atoms with Gasteiger partial charge in [0.25, 0.3) is 5.91 Å². The molecule has 2 aromatic rings. The summed E-state index contributed by atoms with van der Waals surface area (Å²) in [6.07, 6.45) is 9.04. The van der Waals surface area contributed by atoms with E-state index in [-0.39, 0.29) is 12.5 Å². The van der Waals surface area contributed by atoms with Crippen LogP contribution in [0.15, 0.2) is 24.4 Å². The number of benzene rings is 1. The van der Waals surface area contributed by atoms with Gasteiger partial charge in [-0.15, -0.1) is 0 Å². The average Bonchev–Trinajstić information content (AvgIpc) is 2.96. The molecule has 1 amide bonds. The lowest BCUT2D eigenvalue weighted by molar-refractivity contribution is 0.0951. The third-order valence-corrected chi connectivity index (χ3v) is 5.00. The second-order valence-corrected chi connectivity index (χ2v) is 6.64. The first-order chi connectivity index (χ1) is 11.7. The van der Waals surface area contributed by atoms with Crippen LogP contribution in [0, 0.1) is 11.7 Å². The number of hydrogen-bond donors (Lipinski definition) is 2. The summed E-state index contributed by atoms with van der Waals surface area (Å²) >= 11 is 0. The first kappa shape index (κ1) is 17.0. The Kier molecular flexibility index (Phi) is 5.51. The smallest absolute Gasteiger partial charge is 0.253 e. The standard InChI is InChI=1S/C19H25FN2O2/c20-16-7-4-8-17-18(16)15(13-22(17)11-12-23)19(24)21-10-9-14-5-2-1-3-6-14/h4,7-8,13-14,23H,1-3,5-6,9-12H2,(H,21,24). The summed E-state index contributed by atoms with van der Waals surface area (Å²) in [5, 5.41) is 12.4. The molecule has 1 aliphatic carbocycles. The molecule has 1 aromatic heterocycles. The molecular formula is C19H25FN2O2. The Hall–Kier alpha value is -1.88. The van der Waals surface area contributed by atoms with E-state index in [1.54, 1.807) is 22.9 Å². The molecule has 1 fully saturated rings. The van der Waals surface area contributed by atoms with E-state index in [0.29, 0.717) is 35.5 Å². The Morgan fingerprint density at radius 1 is 1.29 bits per heavy atom. The van der Waals surface area contributed by atoms with Gasteiger partial charge in [0.2, 0.25) is 0 Å². The number of hydrogen-bond acceptors (Lipinski definition) is 2. The number of nitrogens with zero attached hydrogens (tertiary/aromatic N) is 1. The summed E-state index contributed by atoms with van der Waals surface area (Å²) in [7, 11) is 0. The van der Waals surface area contributed by atoms with E-state index < -0.39 is 5.82 Å². The lowest BCUT2D eigenvalue weighted by Crippen LogP contribution is -2.26. The Balaban J connectivity index is 1.72. The van der Waals surface area contributed by atoms with Crippen molar-refractivity contribution in [2.75, 3.05) is 13.2 Å². The molecule has 130 valence electrons. The van der Waals surface area contributed by atoms with E-state index in [1.807, 2.05) is 0 Å². The number of halogens is 1. The van der Waals surface area contributed by atoms with Gasteiger partial charge in [0.05, 0.1) is 17.7 Å². The maximum absolute atomic E-state index is 14.2. The van der Waals surface area contributed by atoms with Crippen molar-refractivity contribution in [3.8, 4) is 0 Å². The number of nitrogens with one attached hydrogen (secondary N) is 1. The SMILES string of the molecule is O=C(NCCC1CCCCC1)c1cn(CCO)c2cccc(F)c12. The number of aliphatic hydroxyl groups is 1. The molecule has 5 heteroatoms. The van der Waals surface area contributed by atoms with Crippen LogP contribution in [0.4, 0.5) is 4.39 Å². The Labute approximate surface area is 141 Å². The molecule has 1 heterocycles. The minimum absolute atomic E-state index is 0.0525. The van der Waals surface area contributed by atoms with E-state index in [0.717, 1.165) is 6.42 Å². The fourth-order valence-corrected chi connectivity index (χ4v) is 3.73. The third kappa shape index (κ3) is 3.61. The number of aliphatic hydroxyl groups excluding tert-OH is 1. The predicted molar refractivity (Wildman–Crippen MR) is 92.5 cm³/mol. The molecule has 0 radical (unpaired) electrons. The Morgan fingerprint density at radius 3 is 2.83 bits per heavy atom. The quantitative estimate of drug-likeness (QED) is 0.851. The normalized spacial score (nSPS) is 15.8. The van der Waals surface area contributed by atoms with E-state index in [1.165, 1.54) is 38.2 Å². The Morgan fingerprint density at radius 2 is 2.08 bits per heavy atom. The molecule has 2 N–H and O–H groups in total. The molecular weight excluding hydrogens is 307 g/mol. The summed E-state index contributed by atoms with van der Waals surface area (Å²) in [5.74, 6) is 0.0609. The topological polar surface area (TPSA) is 54.3 Å². The first-order valence-corrected chi connectivity index (χ1v) is 8.87. The lowest BCUT2D eigenvalue weighted by Gasteiger charge is -2.21. The highest BCUT2D eigenvalue weighted by atomic mass is 19.1. The molecule has 3 rings (SSSR count). The molecule has 1 aromatic carbocycles. The highest BCUT2D eigenvalue weighted by molar-refractivity contribution is 6.07. The first-order valence-electron chi connectivity index (χ1n) is 8.87. The van der Waals surface area contributed by atoms with Crippen molar-refractivity contribution in [1.29, 1.82) is 0 Å². The van der Waals surface area contributed by atoms with Gasteiger partial charge >= 0.3 is 0 Å². The van der Waals surface area contributed by atoms with Crippen LogP contribution in [0.1, 0.15) is 48.9 Å². The zero-order valence-electron chi connectivity index (χ0n) is 13.9. The molecule has 1 saturated carbocycles. The second-order valence-electron chi connectivity index (χ2n) is 6.64. The van der Waals surface area contributed by atoms with Gasteiger partial charge in [-0.1, -0.05) is 38.2 Å². The van der Waals surface area contributed by atoms with Gasteiger partial charge in [0.1, 0.15) is 5.82 Å². The van der Waals surface area contributed by atoms with Crippen molar-refractivity contribution in [3.63, 3.8) is 0 Å². The van der Waals surface area contributed by atoms with Crippen LogP contribution in [0.25, 0.3) is 10.9 Å². The highest BCUT2D eigenvalue weighted by Crippen LogP contribution is 2.26. The second kappa shape index (κ2) is 7.79. The van der Waals surface area contributed by atoms with Crippen molar-refractivity contribution < 1.29 is 14.3 Å². The largest absolute Gasteiger partial charge is 0.395 e. The minimum atomic E-state index is -0.401. The van der Waals surface area contributed by atoms with E-state index in [2.05, 4.69) is 5.32 Å². The molecule has 1 aliphatic rings. The molecule has 0 aliphatic heterocycles. The zero-order valence-corrected chi connectivity index (χ0v) is 13.9. The van der Waals surface area contributed by atoms with Crippen molar-refractivity contribution in [2.45, 2.75) is 45.1 Å². The molecule has 0 unspecified atom stereocenters. The van der Waals surface area contributed by atoms with Gasteiger partial charge in [-0.3, -0.25) is 4.79 Å². The van der Waals surface area contributed by atoms with Crippen molar-refractivity contribution in [2.24, 2.45) is 5.92 Å². The summed E-state index contributed by atoms with van der Waals surface area (Å²) in [4.78, 5) is 12.5. The lowest BCUT2D eigenvalue weighted by atomic mass is 9.87. The van der Waals surface area contributed by atoms with Gasteiger partial charge in [0, 0.05) is 24.7 Å². The van der Waals surface area contributed by atoms with Crippen LogP contribution >= 0.6 is 0 Å². The van der Waals surface area contributed by atoms with Gasteiger partial charge in [-0.25, -0.2) is 4.39 Å². The summed E-state index contributed by atoms with van der Waals surface area (Å²) < 4.78 is 15.9. The molecule has 0 saturated heterocycles. The van der Waals surface area contributed by atoms with Gasteiger partial charge in [-0.2, -0.15) is 0 Å². The summed E-state index contributed by atoms with van der Waals surface area (Å²) in [6, 6.07) is 4.76. The number of fused-ring (bicyclic) bond motifs is 1. The molecule has 4 nitrogen and oxygen atoms in total. The van der Waals surface area contributed by atoms with Crippen LogP contribution in [0.3, 0.4) is 0 Å². The van der Waals surface area contributed by atoms with Crippen molar-refractivity contribution >= 4 is 16.8 Å². The molecule has 24 heavy (non-hydrogen) atoms. The summed E-state index contributed by atoms with van der Waals surface area (Å²) in [5.41, 5.74) is 0.988. The van der Waals surface area contributed by atoms with Gasteiger partial charge < -0.3 is 15.0 Å². The molecule has 0 bridgehead atoms. The van der Waals surface area contributed by atoms with Gasteiger partial charge in [-0.05, 0) is 24.5 Å². The maximum atomic E-state index is 14.2. The number of carbonyl (C=O) groups excluding carboxylic acids is 1. The zero-order chi connectivity index (χ0) is 16.9. The predicted octanol–water partition coefficient (Wildman–Crippen LogP) is 3.47. The monoisotopic (exact) mass is 332 g/mol. The molecule has 0 spiro atoms. The van der Waals surface area contributed by atoms with Gasteiger partial charge in [0.15, 0.2) is 0 Å². The van der Waals surface area contributed by atoms with E-state index >= 15 is 0 Å². The van der Waals surface area contributed by atoms with Crippen molar-refractivity contribution in [1.82, 2.24) is 9.88 Å². The summed E-state index contributed by atoms with van der Waals surface area (Å²) in [6.45, 7) is 0.920. The molecule has 0 atom stereocenters. The highest BCUT2D eigenvalue weighted by Gasteiger charge is 2.19. The minimum Gasteiger partial charge on any atom is -0.395 e. The number of rotatable bonds is 6. The maximum Gasteiger partial charge on any atom is 0.253 e.